The van der Waals surface area contributed by atoms with Gasteiger partial charge in [0.1, 0.15) is 11.6 Å². The van der Waals surface area contributed by atoms with E-state index < -0.39 is 0 Å². The lowest BCUT2D eigenvalue weighted by Gasteiger charge is -2.13. The lowest BCUT2D eigenvalue weighted by Crippen LogP contribution is -2.38. The summed E-state index contributed by atoms with van der Waals surface area (Å²) in [4.78, 5) is 9.81. The number of hydrogen-bond donors (Lipinski definition) is 2. The van der Waals surface area contributed by atoms with Crippen LogP contribution in [0.25, 0.3) is 0 Å². The molecule has 29 heavy (non-hydrogen) atoms. The van der Waals surface area contributed by atoms with Crippen LogP contribution >= 0.6 is 11.8 Å². The molecule has 0 saturated heterocycles. The topological polar surface area (TPSA) is 54.2 Å². The van der Waals surface area contributed by atoms with Gasteiger partial charge in [0.05, 0.1) is 6.54 Å². The van der Waals surface area contributed by atoms with Crippen molar-refractivity contribution in [3.63, 3.8) is 0 Å². The van der Waals surface area contributed by atoms with Crippen LogP contribution in [0, 0.1) is 5.82 Å². The minimum absolute atomic E-state index is 0.199. The molecule has 0 atom stereocenters. The molecule has 0 aliphatic rings. The van der Waals surface area contributed by atoms with E-state index in [-0.39, 0.29) is 5.82 Å². The van der Waals surface area contributed by atoms with Crippen LogP contribution < -0.4 is 10.6 Å². The maximum atomic E-state index is 12.9. The van der Waals surface area contributed by atoms with E-state index in [0.29, 0.717) is 6.54 Å². The summed E-state index contributed by atoms with van der Waals surface area (Å²) in [5.74, 6) is 2.47. The van der Waals surface area contributed by atoms with E-state index in [4.69, 9.17) is 0 Å². The molecular weight excluding hydrogens is 385 g/mol. The fraction of sp³-hybridized carbons (Fsp3) is 0.273. The van der Waals surface area contributed by atoms with Gasteiger partial charge < -0.3 is 15.2 Å². The minimum Gasteiger partial charge on any atom is -0.356 e. The van der Waals surface area contributed by atoms with Gasteiger partial charge in [-0.1, -0.05) is 30.3 Å². The van der Waals surface area contributed by atoms with Gasteiger partial charge in [-0.3, -0.25) is 4.99 Å². The monoisotopic (exact) mass is 411 g/mol. The molecular formula is C22H26FN5S. The van der Waals surface area contributed by atoms with Crippen LogP contribution in [0.5, 0.6) is 0 Å². The number of guanidine groups is 1. The number of imidazole rings is 1. The largest absolute Gasteiger partial charge is 0.356 e. The number of benzene rings is 2. The van der Waals surface area contributed by atoms with E-state index in [9.17, 15) is 4.39 Å². The van der Waals surface area contributed by atoms with Gasteiger partial charge >= 0.3 is 0 Å². The summed E-state index contributed by atoms with van der Waals surface area (Å²) in [5, 5.41) is 6.64. The standard InChI is InChI=1S/C22H26FN5S/c1-24-22(26-12-5-15-29-20-10-8-19(23)9-11-20)27-16-21-25-13-14-28(21)17-18-6-3-2-4-7-18/h2-4,6-11,13-14H,5,12,15-17H2,1H3,(H2,24,26,27). The normalized spacial score (nSPS) is 11.4. The van der Waals surface area contributed by atoms with Crippen molar-refractivity contribution in [1.82, 2.24) is 20.2 Å². The Morgan fingerprint density at radius 3 is 2.66 bits per heavy atom. The van der Waals surface area contributed by atoms with Gasteiger partial charge in [-0.25, -0.2) is 9.37 Å². The van der Waals surface area contributed by atoms with Crippen LogP contribution in [-0.2, 0) is 13.1 Å². The minimum atomic E-state index is -0.199. The zero-order valence-corrected chi connectivity index (χ0v) is 17.3. The second-order valence-corrected chi connectivity index (χ2v) is 7.63. The van der Waals surface area contributed by atoms with Crippen molar-refractivity contribution in [1.29, 1.82) is 0 Å². The Bertz CT molecular complexity index is 893. The van der Waals surface area contributed by atoms with Crippen molar-refractivity contribution in [2.75, 3.05) is 19.3 Å². The Morgan fingerprint density at radius 2 is 1.90 bits per heavy atom. The molecule has 0 radical (unpaired) electrons. The van der Waals surface area contributed by atoms with E-state index in [0.717, 1.165) is 41.9 Å². The van der Waals surface area contributed by atoms with Crippen LogP contribution in [0.15, 0.2) is 76.9 Å². The Balaban J connectivity index is 1.38. The number of thioether (sulfide) groups is 1. The van der Waals surface area contributed by atoms with E-state index in [1.807, 2.05) is 42.7 Å². The van der Waals surface area contributed by atoms with E-state index in [2.05, 4.69) is 37.3 Å². The Morgan fingerprint density at radius 1 is 1.10 bits per heavy atom. The number of hydrogen-bond acceptors (Lipinski definition) is 3. The van der Waals surface area contributed by atoms with E-state index in [1.165, 1.54) is 17.7 Å². The zero-order chi connectivity index (χ0) is 20.3. The molecule has 0 aliphatic carbocycles. The molecule has 0 saturated carbocycles. The Kier molecular flexibility index (Phi) is 8.12. The third kappa shape index (κ3) is 6.94. The Hall–Kier alpha value is -2.80. The first-order valence-corrected chi connectivity index (χ1v) is 10.6. The van der Waals surface area contributed by atoms with Gasteiger partial charge in [0.15, 0.2) is 5.96 Å². The van der Waals surface area contributed by atoms with E-state index in [1.54, 1.807) is 18.8 Å². The third-order valence-corrected chi connectivity index (χ3v) is 5.43. The fourth-order valence-electron chi connectivity index (χ4n) is 2.81. The summed E-state index contributed by atoms with van der Waals surface area (Å²) in [5.41, 5.74) is 1.24. The summed E-state index contributed by atoms with van der Waals surface area (Å²) < 4.78 is 15.1. The predicted molar refractivity (Wildman–Crippen MR) is 118 cm³/mol. The molecule has 1 heterocycles. The van der Waals surface area contributed by atoms with Crippen LogP contribution in [0.4, 0.5) is 4.39 Å². The number of aliphatic imine (C=N–C) groups is 1. The second-order valence-electron chi connectivity index (χ2n) is 6.47. The fourth-order valence-corrected chi connectivity index (χ4v) is 3.67. The molecule has 0 aliphatic heterocycles. The number of nitrogens with zero attached hydrogens (tertiary/aromatic N) is 3. The van der Waals surface area contributed by atoms with Crippen molar-refractivity contribution in [3.8, 4) is 0 Å². The summed E-state index contributed by atoms with van der Waals surface area (Å²) in [7, 11) is 1.76. The number of nitrogens with one attached hydrogen (secondary N) is 2. The molecule has 0 spiro atoms. The Labute approximate surface area is 175 Å². The average molecular weight is 412 g/mol. The highest BCUT2D eigenvalue weighted by atomic mass is 32.2. The summed E-state index contributed by atoms with van der Waals surface area (Å²) in [6.45, 7) is 2.21. The predicted octanol–water partition coefficient (Wildman–Crippen LogP) is 3.92. The number of aromatic nitrogens is 2. The average Bonchev–Trinajstić information content (AvgIpc) is 3.19. The van der Waals surface area contributed by atoms with Gasteiger partial charge in [-0.2, -0.15) is 0 Å². The number of rotatable bonds is 9. The van der Waals surface area contributed by atoms with Gasteiger partial charge in [0, 0.05) is 37.4 Å². The highest BCUT2D eigenvalue weighted by molar-refractivity contribution is 7.99. The first-order valence-electron chi connectivity index (χ1n) is 9.61. The molecule has 3 rings (SSSR count). The molecule has 2 aromatic carbocycles. The van der Waals surface area contributed by atoms with Crippen molar-refractivity contribution in [3.05, 3.63) is 84.2 Å². The highest BCUT2D eigenvalue weighted by Crippen LogP contribution is 2.18. The van der Waals surface area contributed by atoms with Gasteiger partial charge in [0.2, 0.25) is 0 Å². The van der Waals surface area contributed by atoms with Crippen molar-refractivity contribution in [2.45, 2.75) is 24.4 Å². The number of halogens is 1. The van der Waals surface area contributed by atoms with Crippen LogP contribution in [-0.4, -0.2) is 34.9 Å². The molecule has 7 heteroatoms. The summed E-state index contributed by atoms with van der Waals surface area (Å²) in [6.07, 6.45) is 4.79. The molecule has 0 fully saturated rings. The van der Waals surface area contributed by atoms with Crippen LogP contribution in [0.2, 0.25) is 0 Å². The molecule has 0 unspecified atom stereocenters. The molecule has 152 valence electrons. The lowest BCUT2D eigenvalue weighted by atomic mass is 10.2. The highest BCUT2D eigenvalue weighted by Gasteiger charge is 2.05. The molecule has 0 amide bonds. The van der Waals surface area contributed by atoms with Crippen molar-refractivity contribution < 1.29 is 4.39 Å². The second kappa shape index (κ2) is 11.3. The van der Waals surface area contributed by atoms with Crippen molar-refractivity contribution >= 4 is 17.7 Å². The SMILES string of the molecule is CN=C(NCCCSc1ccc(F)cc1)NCc1nccn1Cc1ccccc1. The maximum Gasteiger partial charge on any atom is 0.191 e. The van der Waals surface area contributed by atoms with Crippen LogP contribution in [0.3, 0.4) is 0 Å². The van der Waals surface area contributed by atoms with Crippen molar-refractivity contribution in [2.24, 2.45) is 4.99 Å². The van der Waals surface area contributed by atoms with Gasteiger partial charge in [-0.15, -0.1) is 11.8 Å². The smallest absolute Gasteiger partial charge is 0.191 e. The molecule has 3 aromatic rings. The zero-order valence-electron chi connectivity index (χ0n) is 16.5. The summed E-state index contributed by atoms with van der Waals surface area (Å²) in [6, 6.07) is 16.9. The summed E-state index contributed by atoms with van der Waals surface area (Å²) >= 11 is 1.72. The molecule has 5 nitrogen and oxygen atoms in total. The lowest BCUT2D eigenvalue weighted by molar-refractivity contribution is 0.626. The molecule has 0 bridgehead atoms. The quantitative estimate of drug-likeness (QED) is 0.243. The first-order chi connectivity index (χ1) is 14.2. The van der Waals surface area contributed by atoms with Gasteiger partial charge in [0.25, 0.3) is 0 Å². The third-order valence-electron chi connectivity index (χ3n) is 4.33. The van der Waals surface area contributed by atoms with Crippen LogP contribution in [0.1, 0.15) is 17.8 Å². The van der Waals surface area contributed by atoms with Gasteiger partial charge in [-0.05, 0) is 42.0 Å². The molecule has 2 N–H and O–H groups in total. The molecule has 1 aromatic heterocycles. The van der Waals surface area contributed by atoms with E-state index >= 15 is 0 Å². The first kappa shape index (κ1) is 20.9. The maximum absolute atomic E-state index is 12.9.